The Labute approximate surface area is 260 Å². The van der Waals surface area contributed by atoms with Gasteiger partial charge in [-0.15, -0.1) is 0 Å². The van der Waals surface area contributed by atoms with E-state index in [1.807, 2.05) is 12.2 Å². The molecule has 0 radical (unpaired) electrons. The summed E-state index contributed by atoms with van der Waals surface area (Å²) < 4.78 is 18.0. The summed E-state index contributed by atoms with van der Waals surface area (Å²) in [7, 11) is 0. The van der Waals surface area contributed by atoms with Gasteiger partial charge in [0, 0.05) is 13.3 Å². The Bertz CT molecular complexity index is 1090. The van der Waals surface area contributed by atoms with Crippen molar-refractivity contribution in [1.82, 2.24) is 0 Å². The molecular weight excluding hydrogens is 540 g/mol. The highest BCUT2D eigenvalue weighted by Crippen LogP contribution is 2.67. The molecule has 3 saturated carbocycles. The number of fused-ring (bicyclic) bond motifs is 5. The van der Waals surface area contributed by atoms with Crippen LogP contribution in [0.2, 0.25) is 0 Å². The van der Waals surface area contributed by atoms with Gasteiger partial charge in [-0.2, -0.15) is 0 Å². The molecule has 1 aliphatic heterocycles. The largest absolute Gasteiger partial charge is 0.456 e. The highest BCUT2D eigenvalue weighted by Gasteiger charge is 2.61. The number of allylic oxidation sites excluding steroid dienone is 1. The number of hydrogen-bond acceptors (Lipinski definition) is 6. The van der Waals surface area contributed by atoms with Gasteiger partial charge in [0.2, 0.25) is 0 Å². The molecule has 0 aromatic heterocycles. The fourth-order valence-corrected chi connectivity index (χ4v) is 10.4. The van der Waals surface area contributed by atoms with Gasteiger partial charge in [0.15, 0.2) is 6.29 Å². The summed E-state index contributed by atoms with van der Waals surface area (Å²) in [5.41, 5.74) is 1.43. The fraction of sp³-hybridized carbons (Fsp3) is 0.838. The van der Waals surface area contributed by atoms with E-state index in [1.165, 1.54) is 46.0 Å². The van der Waals surface area contributed by atoms with Crippen LogP contribution in [0.1, 0.15) is 126 Å². The summed E-state index contributed by atoms with van der Waals surface area (Å²) in [6.45, 7) is 14.7. The smallest absolute Gasteiger partial charge is 0.303 e. The maximum absolute atomic E-state index is 11.9. The maximum Gasteiger partial charge on any atom is 0.303 e. The van der Waals surface area contributed by atoms with Gasteiger partial charge in [-0.05, 0) is 124 Å². The number of rotatable bonds is 10. The summed E-state index contributed by atoms with van der Waals surface area (Å²) in [6, 6.07) is 0. The Morgan fingerprint density at radius 2 is 1.86 bits per heavy atom. The maximum atomic E-state index is 11.9. The second-order valence-electron chi connectivity index (χ2n) is 16.0. The lowest BCUT2D eigenvalue weighted by Gasteiger charge is -2.59. The molecule has 0 saturated heterocycles. The van der Waals surface area contributed by atoms with Crippen molar-refractivity contribution in [3.8, 4) is 0 Å². The lowest BCUT2D eigenvalue weighted by atomic mass is 9.46. The third-order valence-electron chi connectivity index (χ3n) is 12.5. The van der Waals surface area contributed by atoms with Crippen LogP contribution in [0, 0.1) is 40.4 Å². The molecule has 5 unspecified atom stereocenters. The molecule has 11 atom stereocenters. The number of ether oxygens (including phenoxy) is 3. The van der Waals surface area contributed by atoms with Crippen molar-refractivity contribution in [1.29, 1.82) is 0 Å². The molecule has 0 aromatic carbocycles. The van der Waals surface area contributed by atoms with Gasteiger partial charge in [0.05, 0.1) is 11.7 Å². The normalized spacial score (nSPS) is 41.9. The molecular formula is C37H58O6. The third-order valence-corrected chi connectivity index (χ3v) is 12.5. The number of carbonyl (C=O) groups is 2. The first-order chi connectivity index (χ1) is 20.2. The minimum absolute atomic E-state index is 0.00143. The van der Waals surface area contributed by atoms with Crippen LogP contribution in [0.4, 0.5) is 0 Å². The number of Topliss-reactive ketones (excluding diaryl/α,β-unsaturated/α-hetero) is 1. The van der Waals surface area contributed by atoms with E-state index < -0.39 is 24.1 Å². The molecule has 6 heteroatoms. The molecule has 0 amide bonds. The summed E-state index contributed by atoms with van der Waals surface area (Å²) in [5.74, 6) is 2.80. The van der Waals surface area contributed by atoms with Crippen LogP contribution >= 0.6 is 0 Å². The Kier molecular flexibility index (Phi) is 9.72. The fourth-order valence-electron chi connectivity index (χ4n) is 10.4. The summed E-state index contributed by atoms with van der Waals surface area (Å²) in [6.07, 6.45) is 17.2. The Morgan fingerprint density at radius 3 is 2.56 bits per heavy atom. The average molecular weight is 599 g/mol. The van der Waals surface area contributed by atoms with Gasteiger partial charge in [0.1, 0.15) is 18.0 Å². The number of esters is 1. The van der Waals surface area contributed by atoms with Crippen molar-refractivity contribution >= 4 is 11.8 Å². The Hall–Kier alpha value is -1.50. The predicted octanol–water partition coefficient (Wildman–Crippen LogP) is 7.72. The molecule has 3 fully saturated rings. The second kappa shape index (κ2) is 12.7. The Balaban J connectivity index is 1.24. The molecule has 0 bridgehead atoms. The van der Waals surface area contributed by atoms with Gasteiger partial charge < -0.3 is 19.3 Å². The quantitative estimate of drug-likeness (QED) is 0.205. The van der Waals surface area contributed by atoms with Gasteiger partial charge >= 0.3 is 5.97 Å². The molecule has 43 heavy (non-hydrogen) atoms. The zero-order valence-electron chi connectivity index (χ0n) is 27.9. The van der Waals surface area contributed by atoms with E-state index in [-0.39, 0.29) is 35.1 Å². The van der Waals surface area contributed by atoms with E-state index in [0.717, 1.165) is 38.5 Å². The molecule has 0 aromatic rings. The summed E-state index contributed by atoms with van der Waals surface area (Å²) in [5, 5.41) is 11.8. The third kappa shape index (κ3) is 6.72. The van der Waals surface area contributed by atoms with Gasteiger partial charge in [-0.25, -0.2) is 0 Å². The lowest BCUT2D eigenvalue weighted by molar-refractivity contribution is -0.205. The Morgan fingerprint density at radius 1 is 1.09 bits per heavy atom. The van der Waals surface area contributed by atoms with Crippen molar-refractivity contribution in [2.75, 3.05) is 0 Å². The second-order valence-corrected chi connectivity index (χ2v) is 16.0. The molecule has 1 N–H and O–H groups in total. The van der Waals surface area contributed by atoms with Crippen LogP contribution in [0.3, 0.4) is 0 Å². The van der Waals surface area contributed by atoms with Crippen LogP contribution < -0.4 is 0 Å². The van der Waals surface area contributed by atoms with Crippen LogP contribution in [0.25, 0.3) is 0 Å². The first-order valence-corrected chi connectivity index (χ1v) is 17.3. The standard InChI is InChI=1S/C37H58O6/c1-23(2)9-8-18-37(7,40)33-14-12-29-28-11-10-26-22-27(16-19-35(26,5)30(28)17-20-36(29,33)6)42-34-15-13-31(41-25(4)39)32(43-34)21-24(3)38/h10,13,15,23,27-34,40H,8-9,11-12,14,16-22H2,1-7H3/t27-,28?,29?,30?,31-,32+,33-,34?,35-,36-,37?/m0/s1. The van der Waals surface area contributed by atoms with Crippen LogP contribution in [0.15, 0.2) is 23.8 Å². The minimum Gasteiger partial charge on any atom is -0.456 e. The first kappa shape index (κ1) is 32.9. The number of hydrogen-bond donors (Lipinski definition) is 1. The van der Waals surface area contributed by atoms with E-state index in [4.69, 9.17) is 14.2 Å². The van der Waals surface area contributed by atoms with Crippen LogP contribution in [-0.4, -0.2) is 47.1 Å². The predicted molar refractivity (Wildman–Crippen MR) is 168 cm³/mol. The molecule has 4 aliphatic carbocycles. The van der Waals surface area contributed by atoms with Crippen molar-refractivity contribution in [2.24, 2.45) is 40.4 Å². The summed E-state index contributed by atoms with van der Waals surface area (Å²) in [4.78, 5) is 23.4. The number of aliphatic hydroxyl groups is 1. The zero-order valence-corrected chi connectivity index (χ0v) is 27.9. The van der Waals surface area contributed by atoms with E-state index in [0.29, 0.717) is 29.6 Å². The van der Waals surface area contributed by atoms with Crippen molar-refractivity contribution in [3.05, 3.63) is 23.8 Å². The van der Waals surface area contributed by atoms with Gasteiger partial charge in [-0.1, -0.05) is 52.2 Å². The van der Waals surface area contributed by atoms with Crippen molar-refractivity contribution in [2.45, 2.75) is 156 Å². The zero-order chi connectivity index (χ0) is 31.2. The molecule has 6 nitrogen and oxygen atoms in total. The van der Waals surface area contributed by atoms with Crippen LogP contribution in [-0.2, 0) is 23.8 Å². The molecule has 1 heterocycles. The minimum atomic E-state index is -0.572. The van der Waals surface area contributed by atoms with E-state index >= 15 is 0 Å². The van der Waals surface area contributed by atoms with E-state index in [9.17, 15) is 14.7 Å². The molecule has 5 aliphatic rings. The monoisotopic (exact) mass is 598 g/mol. The van der Waals surface area contributed by atoms with Crippen molar-refractivity contribution < 1.29 is 28.9 Å². The van der Waals surface area contributed by atoms with Crippen LogP contribution in [0.5, 0.6) is 0 Å². The highest BCUT2D eigenvalue weighted by molar-refractivity contribution is 5.76. The van der Waals surface area contributed by atoms with Crippen molar-refractivity contribution in [3.63, 3.8) is 0 Å². The first-order valence-electron chi connectivity index (χ1n) is 17.3. The number of carbonyl (C=O) groups excluding carboxylic acids is 2. The number of ketones is 1. The highest BCUT2D eigenvalue weighted by atomic mass is 16.7. The molecule has 242 valence electrons. The van der Waals surface area contributed by atoms with Gasteiger partial charge in [0.25, 0.3) is 0 Å². The van der Waals surface area contributed by atoms with Gasteiger partial charge in [-0.3, -0.25) is 9.59 Å². The lowest BCUT2D eigenvalue weighted by Crippen LogP contribution is -2.53. The molecule has 5 rings (SSSR count). The topological polar surface area (TPSA) is 82.1 Å². The average Bonchev–Trinajstić information content (AvgIpc) is 3.28. The van der Waals surface area contributed by atoms with E-state index in [2.05, 4.69) is 40.7 Å². The molecule has 0 spiro atoms. The SMILES string of the molecule is CC(=O)C[C@H]1OC(O[C@H]2CC[C@@]3(C)C(=CCC4C3CC[C@@]3(C)C4CC[C@@H]3C(C)(O)CCCC(C)C)C2)C=C[C@@H]1OC(C)=O. The van der Waals surface area contributed by atoms with E-state index in [1.54, 1.807) is 5.57 Å². The summed E-state index contributed by atoms with van der Waals surface area (Å²) >= 11 is 0.